The van der Waals surface area contributed by atoms with Crippen molar-refractivity contribution in [2.24, 2.45) is 7.05 Å². The lowest BCUT2D eigenvalue weighted by molar-refractivity contribution is 0.0780. The number of piperazine rings is 1. The molecular weight excluding hydrogens is 336 g/mol. The maximum atomic E-state index is 12.5. The van der Waals surface area contributed by atoms with Crippen LogP contribution in [0.5, 0.6) is 0 Å². The van der Waals surface area contributed by atoms with Crippen molar-refractivity contribution in [3.8, 4) is 0 Å². The zero-order valence-electron chi connectivity index (χ0n) is 16.8. The van der Waals surface area contributed by atoms with Gasteiger partial charge in [-0.15, -0.1) is 0 Å². The number of rotatable bonds is 6. The highest BCUT2D eigenvalue weighted by atomic mass is 16.1. The molecule has 1 aromatic carbocycles. The Morgan fingerprint density at radius 3 is 2.30 bits per heavy atom. The highest BCUT2D eigenvalue weighted by molar-refractivity contribution is 5.75. The number of hydrogen-bond acceptors (Lipinski definition) is 3. The molecule has 0 radical (unpaired) electrons. The monoisotopic (exact) mass is 370 g/mol. The van der Waals surface area contributed by atoms with Crippen LogP contribution in [0, 0.1) is 0 Å². The minimum Gasteiger partial charge on any atom is -0.301 e. The van der Waals surface area contributed by atoms with Crippen molar-refractivity contribution in [1.29, 1.82) is 0 Å². The Labute approximate surface area is 162 Å². The number of fused-ring (bicyclic) bond motifs is 1. The summed E-state index contributed by atoms with van der Waals surface area (Å²) in [6.07, 6.45) is 9.36. The summed E-state index contributed by atoms with van der Waals surface area (Å²) < 4.78 is 3.70. The van der Waals surface area contributed by atoms with E-state index in [1.165, 1.54) is 64.7 Å². The van der Waals surface area contributed by atoms with Crippen molar-refractivity contribution in [2.45, 2.75) is 57.5 Å². The molecule has 5 nitrogen and oxygen atoms in total. The van der Waals surface area contributed by atoms with Gasteiger partial charge in [0.1, 0.15) is 0 Å². The third-order valence-corrected chi connectivity index (χ3v) is 6.66. The quantitative estimate of drug-likeness (QED) is 0.733. The van der Waals surface area contributed by atoms with E-state index in [0.717, 1.165) is 36.6 Å². The van der Waals surface area contributed by atoms with E-state index in [9.17, 15) is 4.79 Å². The molecule has 0 N–H and O–H groups in total. The summed E-state index contributed by atoms with van der Waals surface area (Å²) in [5.74, 6) is 0. The lowest BCUT2D eigenvalue weighted by Crippen LogP contribution is -2.50. The smallest absolute Gasteiger partial charge is 0.301 e. The Hall–Kier alpha value is -1.59. The zero-order chi connectivity index (χ0) is 18.6. The number of para-hydroxylation sites is 2. The van der Waals surface area contributed by atoms with Crippen LogP contribution in [0.2, 0.25) is 0 Å². The van der Waals surface area contributed by atoms with E-state index >= 15 is 0 Å². The molecule has 1 aliphatic carbocycles. The third kappa shape index (κ3) is 4.14. The summed E-state index contributed by atoms with van der Waals surface area (Å²) >= 11 is 0. The normalized spacial score (nSPS) is 20.5. The van der Waals surface area contributed by atoms with Gasteiger partial charge >= 0.3 is 5.69 Å². The average molecular weight is 371 g/mol. The lowest BCUT2D eigenvalue weighted by atomic mass is 9.94. The Bertz CT molecular complexity index is 794. The maximum Gasteiger partial charge on any atom is 0.328 e. The van der Waals surface area contributed by atoms with Gasteiger partial charge in [0.2, 0.25) is 0 Å². The predicted octanol–water partition coefficient (Wildman–Crippen LogP) is 3.07. The zero-order valence-corrected chi connectivity index (χ0v) is 16.8. The van der Waals surface area contributed by atoms with Gasteiger partial charge in [-0.25, -0.2) is 4.79 Å². The van der Waals surface area contributed by atoms with Crippen LogP contribution in [0.4, 0.5) is 0 Å². The van der Waals surface area contributed by atoms with Crippen molar-refractivity contribution < 1.29 is 0 Å². The number of hydrogen-bond donors (Lipinski definition) is 0. The molecule has 1 aromatic heterocycles. The van der Waals surface area contributed by atoms with E-state index in [-0.39, 0.29) is 5.69 Å². The van der Waals surface area contributed by atoms with Gasteiger partial charge in [-0.2, -0.15) is 0 Å². The van der Waals surface area contributed by atoms with Crippen LogP contribution in [-0.4, -0.2) is 57.7 Å². The van der Waals surface area contributed by atoms with Crippen LogP contribution in [0.15, 0.2) is 29.1 Å². The molecule has 2 heterocycles. The van der Waals surface area contributed by atoms with E-state index in [1.54, 1.807) is 4.57 Å². The first-order valence-electron chi connectivity index (χ1n) is 10.8. The summed E-state index contributed by atoms with van der Waals surface area (Å²) in [7, 11) is 1.87. The van der Waals surface area contributed by atoms with Crippen LogP contribution < -0.4 is 5.69 Å². The van der Waals surface area contributed by atoms with E-state index in [0.29, 0.717) is 0 Å². The number of unbranched alkanes of at least 4 members (excludes halogenated alkanes) is 1. The molecule has 0 atom stereocenters. The second-order valence-electron chi connectivity index (χ2n) is 8.36. The van der Waals surface area contributed by atoms with Gasteiger partial charge in [0.25, 0.3) is 0 Å². The van der Waals surface area contributed by atoms with Gasteiger partial charge in [0.05, 0.1) is 11.0 Å². The summed E-state index contributed by atoms with van der Waals surface area (Å²) in [5.41, 5.74) is 2.20. The molecule has 148 valence electrons. The van der Waals surface area contributed by atoms with Gasteiger partial charge in [-0.1, -0.05) is 31.4 Å². The first kappa shape index (κ1) is 18.8. The molecule has 27 heavy (non-hydrogen) atoms. The van der Waals surface area contributed by atoms with Crippen LogP contribution in [0.3, 0.4) is 0 Å². The molecule has 1 saturated heterocycles. The van der Waals surface area contributed by atoms with Crippen LogP contribution in [0.1, 0.15) is 44.9 Å². The average Bonchev–Trinajstić information content (AvgIpc) is 2.97. The van der Waals surface area contributed by atoms with Crippen LogP contribution in [-0.2, 0) is 13.6 Å². The van der Waals surface area contributed by atoms with Gasteiger partial charge < -0.3 is 4.90 Å². The second-order valence-corrected chi connectivity index (χ2v) is 8.36. The van der Waals surface area contributed by atoms with E-state index in [4.69, 9.17) is 0 Å². The number of aryl methyl sites for hydroxylation is 2. The summed E-state index contributed by atoms with van der Waals surface area (Å²) in [6.45, 7) is 6.90. The largest absolute Gasteiger partial charge is 0.328 e. The molecule has 1 saturated carbocycles. The minimum atomic E-state index is 0.109. The highest BCUT2D eigenvalue weighted by Crippen LogP contribution is 2.23. The van der Waals surface area contributed by atoms with Crippen molar-refractivity contribution in [3.63, 3.8) is 0 Å². The maximum absolute atomic E-state index is 12.5. The van der Waals surface area contributed by atoms with Crippen molar-refractivity contribution in [3.05, 3.63) is 34.7 Å². The Morgan fingerprint density at radius 1 is 0.889 bits per heavy atom. The second kappa shape index (κ2) is 8.61. The fraction of sp³-hybridized carbons (Fsp3) is 0.682. The first-order chi connectivity index (χ1) is 13.2. The molecule has 2 aliphatic rings. The molecule has 0 unspecified atom stereocenters. The van der Waals surface area contributed by atoms with Gasteiger partial charge in [0.15, 0.2) is 0 Å². The fourth-order valence-electron chi connectivity index (χ4n) is 4.98. The molecule has 0 bridgehead atoms. The molecule has 2 aromatic rings. The molecule has 4 rings (SSSR count). The number of aromatic nitrogens is 2. The van der Waals surface area contributed by atoms with Gasteiger partial charge in [0, 0.05) is 45.8 Å². The number of nitrogens with zero attached hydrogens (tertiary/aromatic N) is 4. The first-order valence-corrected chi connectivity index (χ1v) is 10.8. The van der Waals surface area contributed by atoms with Crippen LogP contribution >= 0.6 is 0 Å². The van der Waals surface area contributed by atoms with Crippen LogP contribution in [0.25, 0.3) is 11.0 Å². The molecule has 0 amide bonds. The number of imidazole rings is 1. The third-order valence-electron chi connectivity index (χ3n) is 6.66. The summed E-state index contributed by atoms with van der Waals surface area (Å²) in [4.78, 5) is 17.8. The summed E-state index contributed by atoms with van der Waals surface area (Å²) in [6, 6.07) is 8.96. The van der Waals surface area contributed by atoms with Gasteiger partial charge in [-0.3, -0.25) is 14.0 Å². The van der Waals surface area contributed by atoms with E-state index in [2.05, 4.69) is 15.9 Å². The highest BCUT2D eigenvalue weighted by Gasteiger charge is 2.24. The molecule has 1 aliphatic heterocycles. The Morgan fingerprint density at radius 2 is 1.56 bits per heavy atom. The topological polar surface area (TPSA) is 33.4 Å². The number of benzene rings is 1. The SMILES string of the molecule is Cn1c(=O)n(CCCCN2CCN(C3CCCCC3)CC2)c2ccccc21. The summed E-state index contributed by atoms with van der Waals surface area (Å²) in [5, 5.41) is 0. The van der Waals surface area contributed by atoms with Crippen molar-refractivity contribution >= 4 is 11.0 Å². The molecular formula is C22H34N4O. The lowest BCUT2D eigenvalue weighted by Gasteiger charge is -2.40. The fourth-order valence-corrected chi connectivity index (χ4v) is 4.98. The van der Waals surface area contributed by atoms with Crippen molar-refractivity contribution in [2.75, 3.05) is 32.7 Å². The van der Waals surface area contributed by atoms with Crippen molar-refractivity contribution in [1.82, 2.24) is 18.9 Å². The molecule has 5 heteroatoms. The van der Waals surface area contributed by atoms with E-state index < -0.39 is 0 Å². The Balaban J connectivity index is 1.22. The molecule has 0 spiro atoms. The Kier molecular flexibility index (Phi) is 5.98. The molecule has 2 fully saturated rings. The van der Waals surface area contributed by atoms with Gasteiger partial charge in [-0.05, 0) is 44.4 Å². The predicted molar refractivity (Wildman–Crippen MR) is 111 cm³/mol. The van der Waals surface area contributed by atoms with E-state index in [1.807, 2.05) is 29.8 Å². The standard InChI is InChI=1S/C22H34N4O/c1-23-20-11-5-6-12-21(20)26(22(23)27)14-8-7-13-24-15-17-25(18-16-24)19-9-3-2-4-10-19/h5-6,11-12,19H,2-4,7-10,13-18H2,1H3. The minimum absolute atomic E-state index is 0.109.